The van der Waals surface area contributed by atoms with Gasteiger partial charge in [0, 0.05) is 25.7 Å². The molecule has 2 unspecified atom stereocenters. The fourth-order valence-electron chi connectivity index (χ4n) is 12.4. The molecule has 0 rings (SSSR count). The van der Waals surface area contributed by atoms with Gasteiger partial charge in [-0.05, 0) is 37.5 Å². The van der Waals surface area contributed by atoms with Crippen molar-refractivity contribution in [3.8, 4) is 0 Å². The molecule has 588 valence electrons. The van der Waals surface area contributed by atoms with Crippen molar-refractivity contribution in [2.75, 3.05) is 39.6 Å². The van der Waals surface area contributed by atoms with E-state index in [4.69, 9.17) is 37.0 Å². The van der Waals surface area contributed by atoms with Crippen LogP contribution in [0.4, 0.5) is 0 Å². The molecule has 0 aliphatic rings. The third-order valence-electron chi connectivity index (χ3n) is 18.7. The maximum atomic E-state index is 13.1. The fraction of sp³-hybridized carbons (Fsp3) is 0.950. The van der Waals surface area contributed by atoms with Crippen molar-refractivity contribution in [3.63, 3.8) is 0 Å². The van der Waals surface area contributed by atoms with E-state index in [1.54, 1.807) is 0 Å². The second-order valence-electron chi connectivity index (χ2n) is 29.8. The quantitative estimate of drug-likeness (QED) is 0.0222. The highest BCUT2D eigenvalue weighted by Gasteiger charge is 2.30. The van der Waals surface area contributed by atoms with Crippen molar-refractivity contribution in [2.45, 2.75) is 439 Å². The molecular formula is C80H156O17P2. The number of aliphatic hydroxyl groups is 1. The van der Waals surface area contributed by atoms with Gasteiger partial charge in [-0.15, -0.1) is 0 Å². The molecule has 0 aromatic heterocycles. The summed E-state index contributed by atoms with van der Waals surface area (Å²) in [5.74, 6) is -0.620. The smallest absolute Gasteiger partial charge is 0.462 e. The Hall–Kier alpha value is -1.94. The number of rotatable bonds is 79. The molecule has 19 heteroatoms. The summed E-state index contributed by atoms with van der Waals surface area (Å²) >= 11 is 0. The molecule has 0 saturated heterocycles. The average Bonchev–Trinajstić information content (AvgIpc) is 1.10. The van der Waals surface area contributed by atoms with Gasteiger partial charge in [0.2, 0.25) is 0 Å². The Kier molecular flexibility index (Phi) is 70.3. The van der Waals surface area contributed by atoms with E-state index in [9.17, 15) is 43.2 Å². The summed E-state index contributed by atoms with van der Waals surface area (Å²) in [6, 6.07) is 0. The molecule has 0 aliphatic carbocycles. The Labute approximate surface area is 607 Å². The zero-order valence-corrected chi connectivity index (χ0v) is 66.6. The van der Waals surface area contributed by atoms with Crippen LogP contribution < -0.4 is 0 Å². The first-order chi connectivity index (χ1) is 47.9. The SMILES string of the molecule is CCCCCCCCCCCCCCCCCCCCCCCCC(=O)O[C@H](COC(=O)CCCCCCCCCCCCCCCCC(C)C)COP(=O)(O)OC[C@@H](O)COP(=O)(O)OC[C@@H](COC(=O)CCCCCCCCCCCC)OC(=O)CCCCCCCCCC(C)C. The molecule has 0 amide bonds. The minimum Gasteiger partial charge on any atom is -0.462 e. The van der Waals surface area contributed by atoms with Gasteiger partial charge in [0.25, 0.3) is 0 Å². The number of phosphoric acid groups is 2. The highest BCUT2D eigenvalue weighted by molar-refractivity contribution is 7.47. The van der Waals surface area contributed by atoms with Crippen LogP contribution in [-0.4, -0.2) is 96.7 Å². The van der Waals surface area contributed by atoms with E-state index in [2.05, 4.69) is 41.5 Å². The first-order valence-corrected chi connectivity index (χ1v) is 44.5. The van der Waals surface area contributed by atoms with Crippen LogP contribution in [0.15, 0.2) is 0 Å². The van der Waals surface area contributed by atoms with Crippen LogP contribution in [0.3, 0.4) is 0 Å². The highest BCUT2D eigenvalue weighted by atomic mass is 31.2. The molecule has 0 bridgehead atoms. The van der Waals surface area contributed by atoms with Crippen molar-refractivity contribution >= 4 is 39.5 Å². The van der Waals surface area contributed by atoms with Gasteiger partial charge >= 0.3 is 39.5 Å². The number of phosphoric ester groups is 2. The molecule has 0 fully saturated rings. The van der Waals surface area contributed by atoms with Crippen LogP contribution in [0.5, 0.6) is 0 Å². The van der Waals surface area contributed by atoms with Gasteiger partial charge in [0.15, 0.2) is 12.2 Å². The van der Waals surface area contributed by atoms with E-state index in [0.717, 1.165) is 95.8 Å². The van der Waals surface area contributed by atoms with Gasteiger partial charge < -0.3 is 33.8 Å². The second-order valence-corrected chi connectivity index (χ2v) is 32.7. The minimum atomic E-state index is -4.96. The molecule has 0 spiro atoms. The molecule has 0 aromatic carbocycles. The second kappa shape index (κ2) is 71.7. The number of carbonyl (C=O) groups excluding carboxylic acids is 4. The van der Waals surface area contributed by atoms with Crippen molar-refractivity contribution in [3.05, 3.63) is 0 Å². The maximum Gasteiger partial charge on any atom is 0.472 e. The summed E-state index contributed by atoms with van der Waals surface area (Å²) < 4.78 is 68.6. The van der Waals surface area contributed by atoms with Crippen molar-refractivity contribution in [1.29, 1.82) is 0 Å². The number of ether oxygens (including phenoxy) is 4. The normalized spacial score (nSPS) is 13.9. The Bertz CT molecular complexity index is 1910. The van der Waals surface area contributed by atoms with Crippen LogP contribution in [-0.2, 0) is 65.4 Å². The predicted octanol–water partition coefficient (Wildman–Crippen LogP) is 23.9. The molecule has 99 heavy (non-hydrogen) atoms. The van der Waals surface area contributed by atoms with Gasteiger partial charge in [0.1, 0.15) is 19.3 Å². The standard InChI is InChI=1S/C80H156O17P2/c1-7-9-11-13-15-17-19-20-21-22-23-24-25-26-27-28-33-36-40-46-52-58-64-79(84)96-75(68-91-78(83)63-57-51-45-39-35-32-30-29-31-34-37-42-48-54-60-72(3)4)70-94-98(86,87)92-66-74(81)67-93-99(88,89)95-71-76(97-80(85)65-59-53-47-41-43-49-55-61-73(5)6)69-90-77(82)62-56-50-44-38-18-16-14-12-10-8-2/h72-76,81H,7-71H2,1-6H3,(H,86,87)(H,88,89)/t74-,75-,76-/m1/s1. The van der Waals surface area contributed by atoms with Crippen LogP contribution in [0.1, 0.15) is 420 Å². The predicted molar refractivity (Wildman–Crippen MR) is 405 cm³/mol. The van der Waals surface area contributed by atoms with Crippen molar-refractivity contribution in [1.82, 2.24) is 0 Å². The van der Waals surface area contributed by atoms with E-state index in [1.165, 1.54) is 238 Å². The van der Waals surface area contributed by atoms with Crippen molar-refractivity contribution in [2.24, 2.45) is 11.8 Å². The first kappa shape index (κ1) is 97.1. The lowest BCUT2D eigenvalue weighted by Crippen LogP contribution is -2.30. The number of unbranched alkanes of at least 4 members (excludes halogenated alkanes) is 49. The molecule has 0 radical (unpaired) electrons. The zero-order valence-electron chi connectivity index (χ0n) is 64.8. The first-order valence-electron chi connectivity index (χ1n) is 41.5. The Morgan fingerprint density at radius 3 is 0.687 bits per heavy atom. The van der Waals surface area contributed by atoms with Gasteiger partial charge in [0.05, 0.1) is 26.4 Å². The number of hydrogen-bond acceptors (Lipinski definition) is 15. The Morgan fingerprint density at radius 1 is 0.273 bits per heavy atom. The molecule has 0 heterocycles. The van der Waals surface area contributed by atoms with E-state index < -0.39 is 97.5 Å². The average molecular weight is 1450 g/mol. The molecular weight excluding hydrogens is 1290 g/mol. The molecule has 0 aromatic rings. The summed E-state index contributed by atoms with van der Waals surface area (Å²) in [6.45, 7) is 9.57. The molecule has 5 atom stereocenters. The van der Waals surface area contributed by atoms with Crippen molar-refractivity contribution < 1.29 is 80.2 Å². The maximum absolute atomic E-state index is 13.1. The largest absolute Gasteiger partial charge is 0.472 e. The highest BCUT2D eigenvalue weighted by Crippen LogP contribution is 2.45. The van der Waals surface area contributed by atoms with Gasteiger partial charge in [-0.1, -0.05) is 369 Å². The third kappa shape index (κ3) is 74.1. The molecule has 17 nitrogen and oxygen atoms in total. The lowest BCUT2D eigenvalue weighted by atomic mass is 10.0. The summed E-state index contributed by atoms with van der Waals surface area (Å²) in [5, 5.41) is 10.6. The summed E-state index contributed by atoms with van der Waals surface area (Å²) in [5.41, 5.74) is 0. The monoisotopic (exact) mass is 1450 g/mol. The van der Waals surface area contributed by atoms with E-state index >= 15 is 0 Å². The Morgan fingerprint density at radius 2 is 0.465 bits per heavy atom. The molecule has 0 aliphatic heterocycles. The van der Waals surface area contributed by atoms with Crippen LogP contribution in [0.25, 0.3) is 0 Å². The van der Waals surface area contributed by atoms with Crippen LogP contribution in [0, 0.1) is 11.8 Å². The van der Waals surface area contributed by atoms with E-state index in [1.807, 2.05) is 0 Å². The number of aliphatic hydroxyl groups excluding tert-OH is 1. The Balaban J connectivity index is 5.18. The minimum absolute atomic E-state index is 0.104. The third-order valence-corrected chi connectivity index (χ3v) is 20.6. The van der Waals surface area contributed by atoms with E-state index in [0.29, 0.717) is 31.6 Å². The topological polar surface area (TPSA) is 237 Å². The van der Waals surface area contributed by atoms with Gasteiger partial charge in [-0.3, -0.25) is 37.3 Å². The van der Waals surface area contributed by atoms with Gasteiger partial charge in [-0.25, -0.2) is 9.13 Å². The number of hydrogen-bond donors (Lipinski definition) is 3. The summed E-state index contributed by atoms with van der Waals surface area (Å²) in [4.78, 5) is 72.9. The lowest BCUT2D eigenvalue weighted by molar-refractivity contribution is -0.161. The lowest BCUT2D eigenvalue weighted by Gasteiger charge is -2.21. The molecule has 3 N–H and O–H groups in total. The van der Waals surface area contributed by atoms with Gasteiger partial charge in [-0.2, -0.15) is 0 Å². The number of esters is 4. The summed E-state index contributed by atoms with van der Waals surface area (Å²) in [6.07, 6.45) is 61.3. The zero-order chi connectivity index (χ0) is 72.8. The number of carbonyl (C=O) groups is 4. The van der Waals surface area contributed by atoms with E-state index in [-0.39, 0.29) is 25.7 Å². The molecule has 0 saturated carbocycles. The summed E-state index contributed by atoms with van der Waals surface area (Å²) in [7, 11) is -9.91. The van der Waals surface area contributed by atoms with Crippen LogP contribution in [0.2, 0.25) is 0 Å². The fourth-order valence-corrected chi connectivity index (χ4v) is 13.9. The van der Waals surface area contributed by atoms with Crippen LogP contribution >= 0.6 is 15.6 Å².